The highest BCUT2D eigenvalue weighted by Crippen LogP contribution is 2.16. The van der Waals surface area contributed by atoms with E-state index in [0.717, 1.165) is 5.69 Å². The molecule has 3 rings (SSSR count). The smallest absolute Gasteiger partial charge is 0.255 e. The lowest BCUT2D eigenvalue weighted by Crippen LogP contribution is -2.12. The molecule has 0 fully saturated rings. The Morgan fingerprint density at radius 2 is 1.46 bits per heavy atom. The molecule has 0 unspecified atom stereocenters. The monoisotopic (exact) mass is 344 g/mol. The third-order valence-electron chi connectivity index (χ3n) is 3.70. The van der Waals surface area contributed by atoms with E-state index in [4.69, 9.17) is 5.26 Å². The van der Waals surface area contributed by atoms with Crippen LogP contribution in [0.15, 0.2) is 73.1 Å². The van der Waals surface area contributed by atoms with Crippen LogP contribution >= 0.6 is 0 Å². The second-order valence-electron chi connectivity index (χ2n) is 5.55. The van der Waals surface area contributed by atoms with E-state index >= 15 is 0 Å². The van der Waals surface area contributed by atoms with Crippen molar-refractivity contribution in [1.82, 2.24) is 4.57 Å². The van der Waals surface area contributed by atoms with Gasteiger partial charge in [0, 0.05) is 35.0 Å². The lowest BCUT2D eigenvalue weighted by atomic mass is 10.2. The van der Waals surface area contributed by atoms with Crippen LogP contribution in [0.3, 0.4) is 0 Å². The zero-order valence-electron chi connectivity index (χ0n) is 13.8. The number of rotatable bonds is 5. The molecule has 1 heterocycles. The standard InChI is InChI=1S/C20H16N4O2/c21-12-11-19(25)22-16-5-7-17(8-6-16)23-20(26)15-3-9-18(10-4-15)24-13-1-2-14-24/h1-10,13-14H,11H2,(H,22,25)(H,23,26). The van der Waals surface area contributed by atoms with Crippen molar-refractivity contribution in [3.05, 3.63) is 78.6 Å². The van der Waals surface area contributed by atoms with Crippen LogP contribution in [-0.2, 0) is 4.79 Å². The predicted molar refractivity (Wildman–Crippen MR) is 99.0 cm³/mol. The molecular formula is C20H16N4O2. The summed E-state index contributed by atoms with van der Waals surface area (Å²) in [4.78, 5) is 23.7. The third-order valence-corrected chi connectivity index (χ3v) is 3.70. The number of carbonyl (C=O) groups is 2. The number of benzene rings is 2. The number of nitriles is 1. The van der Waals surface area contributed by atoms with Gasteiger partial charge in [0.1, 0.15) is 6.42 Å². The molecule has 6 nitrogen and oxygen atoms in total. The van der Waals surface area contributed by atoms with Gasteiger partial charge >= 0.3 is 0 Å². The number of anilines is 2. The van der Waals surface area contributed by atoms with Crippen molar-refractivity contribution in [2.75, 3.05) is 10.6 Å². The maximum absolute atomic E-state index is 12.3. The molecule has 0 saturated heterocycles. The van der Waals surface area contributed by atoms with Crippen LogP contribution in [0.4, 0.5) is 11.4 Å². The van der Waals surface area contributed by atoms with Crippen molar-refractivity contribution in [1.29, 1.82) is 5.26 Å². The van der Waals surface area contributed by atoms with Crippen molar-refractivity contribution in [3.63, 3.8) is 0 Å². The van der Waals surface area contributed by atoms with Crippen LogP contribution in [0.2, 0.25) is 0 Å². The molecule has 0 aliphatic heterocycles. The minimum absolute atomic E-state index is 0.197. The van der Waals surface area contributed by atoms with Crippen LogP contribution in [0.5, 0.6) is 0 Å². The van der Waals surface area contributed by atoms with Gasteiger partial charge in [-0.05, 0) is 60.7 Å². The lowest BCUT2D eigenvalue weighted by molar-refractivity contribution is -0.115. The molecule has 0 atom stereocenters. The first-order valence-corrected chi connectivity index (χ1v) is 7.97. The van der Waals surface area contributed by atoms with E-state index in [0.29, 0.717) is 16.9 Å². The van der Waals surface area contributed by atoms with Crippen LogP contribution in [-0.4, -0.2) is 16.4 Å². The number of hydrogen-bond acceptors (Lipinski definition) is 3. The van der Waals surface area contributed by atoms with E-state index in [1.807, 2.05) is 41.2 Å². The van der Waals surface area contributed by atoms with Crippen LogP contribution < -0.4 is 10.6 Å². The molecule has 1 aromatic heterocycles. The van der Waals surface area contributed by atoms with Gasteiger partial charge in [-0.1, -0.05) is 0 Å². The Labute approximate surface area is 150 Å². The summed E-state index contributed by atoms with van der Waals surface area (Å²) in [5.74, 6) is -0.586. The Bertz CT molecular complexity index is 937. The molecule has 2 amide bonds. The first kappa shape index (κ1) is 17.0. The quantitative estimate of drug-likeness (QED) is 0.741. The van der Waals surface area contributed by atoms with Gasteiger partial charge in [-0.25, -0.2) is 0 Å². The topological polar surface area (TPSA) is 86.9 Å². The normalized spacial score (nSPS) is 9.96. The largest absolute Gasteiger partial charge is 0.325 e. The zero-order valence-corrected chi connectivity index (χ0v) is 13.8. The number of carbonyl (C=O) groups excluding carboxylic acids is 2. The molecule has 3 aromatic rings. The molecule has 2 aromatic carbocycles. The summed E-state index contributed by atoms with van der Waals surface area (Å²) in [6.07, 6.45) is 3.68. The van der Waals surface area contributed by atoms with Crippen molar-refractivity contribution in [3.8, 4) is 11.8 Å². The van der Waals surface area contributed by atoms with Crippen LogP contribution in [0.1, 0.15) is 16.8 Å². The third kappa shape index (κ3) is 4.16. The minimum Gasteiger partial charge on any atom is -0.325 e. The van der Waals surface area contributed by atoms with E-state index in [9.17, 15) is 9.59 Å². The average molecular weight is 344 g/mol. The summed E-state index contributed by atoms with van der Waals surface area (Å²) < 4.78 is 1.96. The number of hydrogen-bond donors (Lipinski definition) is 2. The molecule has 0 radical (unpaired) electrons. The van der Waals surface area contributed by atoms with E-state index in [1.165, 1.54) is 0 Å². The highest BCUT2D eigenvalue weighted by Gasteiger charge is 2.07. The van der Waals surface area contributed by atoms with Gasteiger partial charge in [0.2, 0.25) is 5.91 Å². The molecule has 0 aliphatic carbocycles. The van der Waals surface area contributed by atoms with Crippen molar-refractivity contribution < 1.29 is 9.59 Å². The summed E-state index contributed by atoms with van der Waals surface area (Å²) >= 11 is 0. The van der Waals surface area contributed by atoms with Gasteiger partial charge < -0.3 is 15.2 Å². The predicted octanol–water partition coefficient (Wildman–Crippen LogP) is 3.58. The maximum atomic E-state index is 12.3. The number of nitrogens with zero attached hydrogens (tertiary/aromatic N) is 2. The molecule has 0 bridgehead atoms. The molecule has 6 heteroatoms. The molecular weight excluding hydrogens is 328 g/mol. The Balaban J connectivity index is 1.62. The Kier molecular flexibility index (Phi) is 5.11. The summed E-state index contributed by atoms with van der Waals surface area (Å²) in [5, 5.41) is 13.9. The van der Waals surface area contributed by atoms with Gasteiger partial charge in [0.15, 0.2) is 0 Å². The van der Waals surface area contributed by atoms with Gasteiger partial charge in [-0.15, -0.1) is 0 Å². The Morgan fingerprint density at radius 3 is 2.04 bits per heavy atom. The number of aromatic nitrogens is 1. The second-order valence-corrected chi connectivity index (χ2v) is 5.55. The van der Waals surface area contributed by atoms with Crippen molar-refractivity contribution in [2.45, 2.75) is 6.42 Å². The summed E-state index contributed by atoms with van der Waals surface area (Å²) in [6.45, 7) is 0. The lowest BCUT2D eigenvalue weighted by Gasteiger charge is -2.08. The number of amides is 2. The SMILES string of the molecule is N#CCC(=O)Nc1ccc(NC(=O)c2ccc(-n3cccc3)cc2)cc1. The highest BCUT2D eigenvalue weighted by atomic mass is 16.2. The zero-order chi connectivity index (χ0) is 18.4. The van der Waals surface area contributed by atoms with E-state index in [-0.39, 0.29) is 18.2 Å². The fourth-order valence-electron chi connectivity index (χ4n) is 2.41. The van der Waals surface area contributed by atoms with Gasteiger partial charge in [0.05, 0.1) is 6.07 Å². The molecule has 128 valence electrons. The van der Waals surface area contributed by atoms with Crippen molar-refractivity contribution in [2.24, 2.45) is 0 Å². The Morgan fingerprint density at radius 1 is 0.885 bits per heavy atom. The minimum atomic E-state index is -0.368. The fourth-order valence-corrected chi connectivity index (χ4v) is 2.41. The second kappa shape index (κ2) is 7.81. The summed E-state index contributed by atoms with van der Waals surface area (Å²) in [5.41, 5.74) is 2.71. The first-order chi connectivity index (χ1) is 12.7. The molecule has 26 heavy (non-hydrogen) atoms. The van der Waals surface area contributed by atoms with E-state index < -0.39 is 0 Å². The summed E-state index contributed by atoms with van der Waals surface area (Å²) in [7, 11) is 0. The molecule has 2 N–H and O–H groups in total. The first-order valence-electron chi connectivity index (χ1n) is 7.97. The van der Waals surface area contributed by atoms with Crippen LogP contribution in [0.25, 0.3) is 5.69 Å². The van der Waals surface area contributed by atoms with Crippen molar-refractivity contribution >= 4 is 23.2 Å². The summed E-state index contributed by atoms with van der Waals surface area (Å²) in [6, 6.07) is 19.7. The van der Waals surface area contributed by atoms with Gasteiger partial charge in [-0.2, -0.15) is 5.26 Å². The fraction of sp³-hybridized carbons (Fsp3) is 0.0500. The van der Waals surface area contributed by atoms with E-state index in [1.54, 1.807) is 42.5 Å². The molecule has 0 spiro atoms. The van der Waals surface area contributed by atoms with Gasteiger partial charge in [0.25, 0.3) is 5.91 Å². The van der Waals surface area contributed by atoms with Crippen LogP contribution in [0, 0.1) is 11.3 Å². The highest BCUT2D eigenvalue weighted by molar-refractivity contribution is 6.04. The van der Waals surface area contributed by atoms with Gasteiger partial charge in [-0.3, -0.25) is 9.59 Å². The maximum Gasteiger partial charge on any atom is 0.255 e. The van der Waals surface area contributed by atoms with E-state index in [2.05, 4.69) is 10.6 Å². The molecule has 0 aliphatic rings. The Hall–Kier alpha value is -3.85. The molecule has 0 saturated carbocycles. The average Bonchev–Trinajstić information content (AvgIpc) is 3.18. The number of nitrogens with one attached hydrogen (secondary N) is 2.